The van der Waals surface area contributed by atoms with Gasteiger partial charge in [-0.3, -0.25) is 9.36 Å². The Hall–Kier alpha value is -3.62. The average molecular weight is 465 g/mol. The number of anilines is 1. The molecule has 0 bridgehead atoms. The van der Waals surface area contributed by atoms with E-state index in [9.17, 15) is 4.79 Å². The molecular weight excluding hydrogens is 432 g/mol. The first-order valence-corrected chi connectivity index (χ1v) is 11.6. The van der Waals surface area contributed by atoms with E-state index in [0.29, 0.717) is 23.9 Å². The van der Waals surface area contributed by atoms with E-state index in [-0.39, 0.29) is 18.0 Å². The molecule has 0 saturated carbocycles. The number of aromatic nitrogens is 4. The third-order valence-corrected chi connectivity index (χ3v) is 6.19. The van der Waals surface area contributed by atoms with Gasteiger partial charge in [-0.1, -0.05) is 6.07 Å². The molecule has 2 aromatic heterocycles. The summed E-state index contributed by atoms with van der Waals surface area (Å²) in [4.78, 5) is 28.7. The van der Waals surface area contributed by atoms with Crippen molar-refractivity contribution in [3.05, 3.63) is 54.2 Å². The standard InChI is InChI=1S/C25H32N6O3/c1-17-13-23(29-25(27-17)30-12-10-26-16-30)31-11-6-5-7-20(31)15-24(32)28-18(2)19-8-9-21(33-3)22(14-19)34-4/h8-10,12-14,16,18,20H,5-7,11,15H2,1-4H3,(H,28,32). The Balaban J connectivity index is 1.47. The van der Waals surface area contributed by atoms with Gasteiger partial charge in [0.05, 0.1) is 20.3 Å². The van der Waals surface area contributed by atoms with Crippen LogP contribution in [0, 0.1) is 6.92 Å². The Kier molecular flexibility index (Phi) is 7.30. The molecule has 2 unspecified atom stereocenters. The van der Waals surface area contributed by atoms with Crippen LogP contribution in [0.3, 0.4) is 0 Å². The number of imidazole rings is 1. The molecule has 0 spiro atoms. The molecule has 3 aromatic rings. The van der Waals surface area contributed by atoms with Crippen LogP contribution in [0.1, 0.15) is 49.9 Å². The van der Waals surface area contributed by atoms with Crippen LogP contribution in [0.2, 0.25) is 0 Å². The minimum atomic E-state index is -0.154. The number of benzene rings is 1. The molecule has 9 heteroatoms. The Morgan fingerprint density at radius 2 is 2.00 bits per heavy atom. The number of amides is 1. The van der Waals surface area contributed by atoms with Gasteiger partial charge in [0.2, 0.25) is 11.9 Å². The van der Waals surface area contributed by atoms with Crippen LogP contribution < -0.4 is 19.7 Å². The highest BCUT2D eigenvalue weighted by Crippen LogP contribution is 2.30. The lowest BCUT2D eigenvalue weighted by Gasteiger charge is -2.36. The van der Waals surface area contributed by atoms with Crippen molar-refractivity contribution in [2.24, 2.45) is 0 Å². The van der Waals surface area contributed by atoms with E-state index in [1.54, 1.807) is 31.3 Å². The molecule has 3 heterocycles. The fourth-order valence-electron chi connectivity index (χ4n) is 4.41. The van der Waals surface area contributed by atoms with Crippen molar-refractivity contribution < 1.29 is 14.3 Å². The molecule has 4 rings (SSSR count). The van der Waals surface area contributed by atoms with Crippen LogP contribution in [0.4, 0.5) is 5.82 Å². The van der Waals surface area contributed by atoms with Gasteiger partial charge in [0.15, 0.2) is 11.5 Å². The summed E-state index contributed by atoms with van der Waals surface area (Å²) in [6.07, 6.45) is 8.74. The molecular formula is C25H32N6O3. The van der Waals surface area contributed by atoms with Gasteiger partial charge < -0.3 is 19.7 Å². The van der Waals surface area contributed by atoms with Crippen LogP contribution in [-0.4, -0.2) is 52.2 Å². The SMILES string of the molecule is COc1ccc(C(C)NC(=O)CC2CCCCN2c2cc(C)nc(-n3ccnc3)n2)cc1OC. The smallest absolute Gasteiger partial charge is 0.237 e. The zero-order valence-electron chi connectivity index (χ0n) is 20.2. The number of piperidine rings is 1. The summed E-state index contributed by atoms with van der Waals surface area (Å²) in [7, 11) is 3.21. The first-order chi connectivity index (χ1) is 16.5. The molecule has 1 saturated heterocycles. The molecule has 1 N–H and O–H groups in total. The van der Waals surface area contributed by atoms with Crippen molar-refractivity contribution in [1.82, 2.24) is 24.8 Å². The number of nitrogens with zero attached hydrogens (tertiary/aromatic N) is 5. The minimum absolute atomic E-state index is 0.0137. The Labute approximate surface area is 200 Å². The van der Waals surface area contributed by atoms with E-state index >= 15 is 0 Å². The lowest BCUT2D eigenvalue weighted by molar-refractivity contribution is -0.122. The Morgan fingerprint density at radius 3 is 2.74 bits per heavy atom. The van der Waals surface area contributed by atoms with Gasteiger partial charge in [-0.05, 0) is 50.8 Å². The van der Waals surface area contributed by atoms with E-state index in [4.69, 9.17) is 14.5 Å². The molecule has 0 radical (unpaired) electrons. The average Bonchev–Trinajstić information content (AvgIpc) is 3.38. The number of nitrogens with one attached hydrogen (secondary N) is 1. The van der Waals surface area contributed by atoms with Crippen molar-refractivity contribution in [1.29, 1.82) is 0 Å². The van der Waals surface area contributed by atoms with Gasteiger partial charge in [-0.15, -0.1) is 0 Å². The fraction of sp³-hybridized carbons (Fsp3) is 0.440. The number of carbonyl (C=O) groups is 1. The highest BCUT2D eigenvalue weighted by molar-refractivity contribution is 5.77. The summed E-state index contributed by atoms with van der Waals surface area (Å²) in [5.74, 6) is 2.76. The van der Waals surface area contributed by atoms with Gasteiger partial charge in [0.25, 0.3) is 0 Å². The molecule has 1 aliphatic rings. The summed E-state index contributed by atoms with van der Waals surface area (Å²) in [5, 5.41) is 3.14. The van der Waals surface area contributed by atoms with Crippen LogP contribution >= 0.6 is 0 Å². The summed E-state index contributed by atoms with van der Waals surface area (Å²) >= 11 is 0. The maximum Gasteiger partial charge on any atom is 0.237 e. The van der Waals surface area contributed by atoms with Gasteiger partial charge in [-0.2, -0.15) is 4.98 Å². The minimum Gasteiger partial charge on any atom is -0.493 e. The summed E-state index contributed by atoms with van der Waals surface area (Å²) in [6.45, 7) is 4.80. The largest absolute Gasteiger partial charge is 0.493 e. The maximum atomic E-state index is 13.0. The normalized spacial score (nSPS) is 16.7. The number of methoxy groups -OCH3 is 2. The van der Waals surface area contributed by atoms with Crippen molar-refractivity contribution in [3.63, 3.8) is 0 Å². The highest BCUT2D eigenvalue weighted by Gasteiger charge is 2.27. The molecule has 1 fully saturated rings. The highest BCUT2D eigenvalue weighted by atomic mass is 16.5. The van der Waals surface area contributed by atoms with E-state index in [0.717, 1.165) is 42.9 Å². The summed E-state index contributed by atoms with van der Waals surface area (Å²) in [5.41, 5.74) is 1.84. The Morgan fingerprint density at radius 1 is 1.18 bits per heavy atom. The number of ether oxygens (including phenoxy) is 2. The zero-order valence-corrected chi connectivity index (χ0v) is 20.2. The van der Waals surface area contributed by atoms with E-state index in [1.165, 1.54) is 0 Å². The van der Waals surface area contributed by atoms with E-state index < -0.39 is 0 Å². The quantitative estimate of drug-likeness (QED) is 0.544. The van der Waals surface area contributed by atoms with Crippen molar-refractivity contribution >= 4 is 11.7 Å². The number of hydrogen-bond acceptors (Lipinski definition) is 7. The van der Waals surface area contributed by atoms with Gasteiger partial charge in [0.1, 0.15) is 12.1 Å². The first-order valence-electron chi connectivity index (χ1n) is 11.6. The number of aryl methyl sites for hydroxylation is 1. The topological polar surface area (TPSA) is 94.4 Å². The molecule has 2 atom stereocenters. The second-order valence-corrected chi connectivity index (χ2v) is 8.59. The Bertz CT molecular complexity index is 1120. The van der Waals surface area contributed by atoms with Gasteiger partial charge in [-0.25, -0.2) is 9.97 Å². The molecule has 1 aliphatic heterocycles. The van der Waals surface area contributed by atoms with Crippen LogP contribution in [0.15, 0.2) is 43.0 Å². The van der Waals surface area contributed by atoms with Crippen LogP contribution in [0.5, 0.6) is 11.5 Å². The van der Waals surface area contributed by atoms with Crippen molar-refractivity contribution in [2.75, 3.05) is 25.7 Å². The van der Waals surface area contributed by atoms with Crippen molar-refractivity contribution in [2.45, 2.75) is 51.6 Å². The predicted octanol–water partition coefficient (Wildman–Crippen LogP) is 3.61. The second-order valence-electron chi connectivity index (χ2n) is 8.59. The summed E-state index contributed by atoms with van der Waals surface area (Å²) in [6, 6.07) is 7.62. The lowest BCUT2D eigenvalue weighted by Crippen LogP contribution is -2.43. The summed E-state index contributed by atoms with van der Waals surface area (Å²) < 4.78 is 12.5. The fourth-order valence-corrected chi connectivity index (χ4v) is 4.41. The second kappa shape index (κ2) is 10.5. The van der Waals surface area contributed by atoms with Crippen LogP contribution in [0.25, 0.3) is 5.95 Å². The third kappa shape index (κ3) is 5.30. The van der Waals surface area contributed by atoms with E-state index in [2.05, 4.69) is 20.2 Å². The predicted molar refractivity (Wildman–Crippen MR) is 130 cm³/mol. The molecule has 1 aromatic carbocycles. The maximum absolute atomic E-state index is 13.0. The number of hydrogen-bond donors (Lipinski definition) is 1. The van der Waals surface area contributed by atoms with Gasteiger partial charge in [0, 0.05) is 43.2 Å². The zero-order chi connectivity index (χ0) is 24.1. The molecule has 180 valence electrons. The molecule has 1 amide bonds. The van der Waals surface area contributed by atoms with Gasteiger partial charge >= 0.3 is 0 Å². The first kappa shape index (κ1) is 23.5. The third-order valence-electron chi connectivity index (χ3n) is 6.19. The number of rotatable bonds is 8. The molecule has 0 aliphatic carbocycles. The monoisotopic (exact) mass is 464 g/mol. The van der Waals surface area contributed by atoms with Crippen molar-refractivity contribution in [3.8, 4) is 17.4 Å². The molecule has 9 nitrogen and oxygen atoms in total. The lowest BCUT2D eigenvalue weighted by atomic mass is 9.98. The number of carbonyl (C=O) groups excluding carboxylic acids is 1. The van der Waals surface area contributed by atoms with E-state index in [1.807, 2.05) is 44.3 Å². The van der Waals surface area contributed by atoms with Crippen LogP contribution in [-0.2, 0) is 4.79 Å². The molecule has 34 heavy (non-hydrogen) atoms.